The summed E-state index contributed by atoms with van der Waals surface area (Å²) >= 11 is 0. The molecule has 0 spiro atoms. The highest BCUT2D eigenvalue weighted by atomic mass is 16.5. The molecular formula is C25H26N4O3. The Morgan fingerprint density at radius 3 is 2.69 bits per heavy atom. The van der Waals surface area contributed by atoms with Gasteiger partial charge in [0, 0.05) is 37.6 Å². The minimum atomic E-state index is -0.318. The van der Waals surface area contributed by atoms with Crippen LogP contribution in [-0.4, -0.2) is 35.4 Å². The quantitative estimate of drug-likeness (QED) is 0.569. The summed E-state index contributed by atoms with van der Waals surface area (Å²) in [6.07, 6.45) is 4.01. The summed E-state index contributed by atoms with van der Waals surface area (Å²) in [6.45, 7) is 0.899. The monoisotopic (exact) mass is 430 g/mol. The average molecular weight is 431 g/mol. The molecule has 2 amide bonds. The van der Waals surface area contributed by atoms with E-state index in [9.17, 15) is 9.59 Å². The van der Waals surface area contributed by atoms with Gasteiger partial charge in [-0.15, -0.1) is 0 Å². The van der Waals surface area contributed by atoms with Gasteiger partial charge in [0.15, 0.2) is 0 Å². The number of hydrogen-bond donors (Lipinski definition) is 2. The van der Waals surface area contributed by atoms with Gasteiger partial charge < -0.3 is 20.3 Å². The van der Waals surface area contributed by atoms with Crippen LogP contribution in [0.15, 0.2) is 73.1 Å². The minimum absolute atomic E-state index is 0.0454. The van der Waals surface area contributed by atoms with Crippen molar-refractivity contribution in [2.45, 2.75) is 25.6 Å². The van der Waals surface area contributed by atoms with Crippen LogP contribution in [0.4, 0.5) is 5.69 Å². The minimum Gasteiger partial charge on any atom is -0.497 e. The number of nitrogens with one attached hydrogen (secondary N) is 2. The molecule has 1 aliphatic rings. The molecule has 0 saturated carbocycles. The van der Waals surface area contributed by atoms with Crippen molar-refractivity contribution >= 4 is 17.5 Å². The molecule has 2 aromatic carbocycles. The number of fused-ring (bicyclic) bond motifs is 1. The molecule has 0 aliphatic carbocycles. The van der Waals surface area contributed by atoms with Crippen LogP contribution in [0, 0.1) is 0 Å². The normalized spacial score (nSPS) is 15.0. The van der Waals surface area contributed by atoms with Gasteiger partial charge in [0.2, 0.25) is 5.91 Å². The van der Waals surface area contributed by atoms with Crippen molar-refractivity contribution in [1.29, 1.82) is 0 Å². The fourth-order valence-corrected chi connectivity index (χ4v) is 3.77. The van der Waals surface area contributed by atoms with Gasteiger partial charge >= 0.3 is 0 Å². The van der Waals surface area contributed by atoms with E-state index in [2.05, 4.69) is 15.6 Å². The van der Waals surface area contributed by atoms with Crippen molar-refractivity contribution < 1.29 is 14.3 Å². The van der Waals surface area contributed by atoms with Gasteiger partial charge in [-0.3, -0.25) is 14.6 Å². The molecule has 0 bridgehead atoms. The molecule has 2 heterocycles. The smallest absolute Gasteiger partial charge is 0.257 e. The van der Waals surface area contributed by atoms with Crippen LogP contribution >= 0.6 is 0 Å². The third-order valence-electron chi connectivity index (χ3n) is 5.47. The largest absolute Gasteiger partial charge is 0.497 e. The molecule has 1 aliphatic heterocycles. The molecule has 0 saturated heterocycles. The molecule has 2 N–H and O–H groups in total. The fourth-order valence-electron chi connectivity index (χ4n) is 3.77. The highest BCUT2D eigenvalue weighted by Gasteiger charge is 2.32. The van der Waals surface area contributed by atoms with Crippen molar-refractivity contribution in [3.63, 3.8) is 0 Å². The molecular weight excluding hydrogens is 404 g/mol. The number of aromatic nitrogens is 1. The summed E-state index contributed by atoms with van der Waals surface area (Å²) in [4.78, 5) is 31.4. The Bertz CT molecular complexity index is 1070. The number of carbonyl (C=O) groups excluding carboxylic acids is 2. The average Bonchev–Trinajstić information content (AvgIpc) is 2.85. The van der Waals surface area contributed by atoms with Crippen LogP contribution in [0.25, 0.3) is 0 Å². The maximum Gasteiger partial charge on any atom is 0.257 e. The highest BCUT2D eigenvalue weighted by molar-refractivity contribution is 6.01. The molecule has 1 atom stereocenters. The molecule has 3 aromatic rings. The SMILES string of the molecule is COc1ccc([C@@H]2Nc3ccccc3C(=O)N2CCCC(=O)NCc2cccnc2)cc1. The second-order valence-corrected chi connectivity index (χ2v) is 7.61. The van der Waals surface area contributed by atoms with E-state index in [0.717, 1.165) is 22.6 Å². The zero-order valence-corrected chi connectivity index (χ0v) is 18.0. The number of para-hydroxylation sites is 1. The van der Waals surface area contributed by atoms with Crippen LogP contribution < -0.4 is 15.4 Å². The van der Waals surface area contributed by atoms with Crippen LogP contribution in [0.3, 0.4) is 0 Å². The third kappa shape index (κ3) is 4.88. The first-order chi connectivity index (χ1) is 15.7. The van der Waals surface area contributed by atoms with E-state index in [1.54, 1.807) is 24.4 Å². The zero-order chi connectivity index (χ0) is 22.3. The Morgan fingerprint density at radius 1 is 1.12 bits per heavy atom. The van der Waals surface area contributed by atoms with Gasteiger partial charge in [-0.05, 0) is 47.9 Å². The molecule has 7 heteroatoms. The summed E-state index contributed by atoms with van der Waals surface area (Å²) < 4.78 is 5.26. The zero-order valence-electron chi connectivity index (χ0n) is 18.0. The summed E-state index contributed by atoms with van der Waals surface area (Å²) in [5, 5.41) is 6.38. The number of hydrogen-bond acceptors (Lipinski definition) is 5. The summed E-state index contributed by atoms with van der Waals surface area (Å²) in [7, 11) is 1.62. The van der Waals surface area contributed by atoms with Crippen LogP contribution in [0.1, 0.15) is 40.5 Å². The maximum atomic E-state index is 13.3. The van der Waals surface area contributed by atoms with Crippen LogP contribution in [-0.2, 0) is 11.3 Å². The number of nitrogens with zero attached hydrogens (tertiary/aromatic N) is 2. The molecule has 4 rings (SSSR count). The Kier molecular flexibility index (Phi) is 6.65. The van der Waals surface area contributed by atoms with Gasteiger partial charge in [-0.2, -0.15) is 0 Å². The number of amides is 2. The van der Waals surface area contributed by atoms with E-state index in [4.69, 9.17) is 4.74 Å². The van der Waals surface area contributed by atoms with Crippen molar-refractivity contribution in [2.75, 3.05) is 19.0 Å². The van der Waals surface area contributed by atoms with Gasteiger partial charge in [0.05, 0.1) is 12.7 Å². The van der Waals surface area contributed by atoms with Gasteiger partial charge in [0.1, 0.15) is 11.9 Å². The fraction of sp³-hybridized carbons (Fsp3) is 0.240. The molecule has 0 fully saturated rings. The number of pyridine rings is 1. The van der Waals surface area contributed by atoms with Gasteiger partial charge in [0.25, 0.3) is 5.91 Å². The van der Waals surface area contributed by atoms with Crippen LogP contribution in [0.5, 0.6) is 5.75 Å². The number of methoxy groups -OCH3 is 1. The first kappa shape index (κ1) is 21.4. The first-order valence-electron chi connectivity index (χ1n) is 10.6. The lowest BCUT2D eigenvalue weighted by Gasteiger charge is -2.38. The van der Waals surface area contributed by atoms with Crippen molar-refractivity contribution in [2.24, 2.45) is 0 Å². The molecule has 32 heavy (non-hydrogen) atoms. The van der Waals surface area contributed by atoms with E-state index in [-0.39, 0.29) is 18.0 Å². The highest BCUT2D eigenvalue weighted by Crippen LogP contribution is 2.33. The first-order valence-corrected chi connectivity index (χ1v) is 10.6. The number of rotatable bonds is 8. The number of ether oxygens (including phenoxy) is 1. The Balaban J connectivity index is 1.43. The topological polar surface area (TPSA) is 83.6 Å². The van der Waals surface area contributed by atoms with E-state index in [1.165, 1.54) is 0 Å². The predicted octanol–water partition coefficient (Wildman–Crippen LogP) is 3.75. The Morgan fingerprint density at radius 2 is 1.94 bits per heavy atom. The summed E-state index contributed by atoms with van der Waals surface area (Å²) in [6, 6.07) is 18.9. The second-order valence-electron chi connectivity index (χ2n) is 7.61. The van der Waals surface area contributed by atoms with Crippen LogP contribution in [0.2, 0.25) is 0 Å². The summed E-state index contributed by atoms with van der Waals surface area (Å²) in [5.74, 6) is 0.664. The summed E-state index contributed by atoms with van der Waals surface area (Å²) in [5.41, 5.74) is 3.35. The Hall–Kier alpha value is -3.87. The molecule has 0 unspecified atom stereocenters. The van der Waals surface area contributed by atoms with Gasteiger partial charge in [-0.1, -0.05) is 30.3 Å². The Labute approximate surface area is 187 Å². The lowest BCUT2D eigenvalue weighted by molar-refractivity contribution is -0.121. The number of anilines is 1. The molecule has 164 valence electrons. The molecule has 1 aromatic heterocycles. The van der Waals surface area contributed by atoms with Gasteiger partial charge in [-0.25, -0.2) is 0 Å². The van der Waals surface area contributed by atoms with E-state index in [0.29, 0.717) is 31.5 Å². The standard InChI is InChI=1S/C25H26N4O3/c1-32-20-12-10-19(11-13-20)24-28-22-8-3-2-7-21(22)25(31)29(24)15-5-9-23(30)27-17-18-6-4-14-26-16-18/h2-4,6-8,10-14,16,24,28H,5,9,15,17H2,1H3,(H,27,30)/t24-/m1/s1. The molecule has 7 nitrogen and oxygen atoms in total. The van der Waals surface area contributed by atoms with E-state index >= 15 is 0 Å². The predicted molar refractivity (Wildman–Crippen MR) is 122 cm³/mol. The number of benzene rings is 2. The lowest BCUT2D eigenvalue weighted by Crippen LogP contribution is -2.43. The van der Waals surface area contributed by atoms with Crippen molar-refractivity contribution in [1.82, 2.24) is 15.2 Å². The third-order valence-corrected chi connectivity index (χ3v) is 5.47. The number of carbonyl (C=O) groups is 2. The lowest BCUT2D eigenvalue weighted by atomic mass is 10.0. The molecule has 0 radical (unpaired) electrons. The van der Waals surface area contributed by atoms with Crippen molar-refractivity contribution in [3.05, 3.63) is 89.7 Å². The van der Waals surface area contributed by atoms with E-state index < -0.39 is 0 Å². The maximum absolute atomic E-state index is 13.3. The van der Waals surface area contributed by atoms with Crippen molar-refractivity contribution in [3.8, 4) is 5.75 Å². The second kappa shape index (κ2) is 9.96. The van der Waals surface area contributed by atoms with E-state index in [1.807, 2.05) is 60.7 Å².